The van der Waals surface area contributed by atoms with Gasteiger partial charge in [0.2, 0.25) is 17.7 Å². The van der Waals surface area contributed by atoms with Crippen molar-refractivity contribution in [2.45, 2.75) is 74.2 Å². The first-order valence-electron chi connectivity index (χ1n) is 11.5. The van der Waals surface area contributed by atoms with E-state index < -0.39 is 5.92 Å². The summed E-state index contributed by atoms with van der Waals surface area (Å²) in [5, 5.41) is 12.8. The molecular formula is C25H32N4O4S2. The number of primary amides is 1. The Morgan fingerprint density at radius 2 is 1.89 bits per heavy atom. The summed E-state index contributed by atoms with van der Waals surface area (Å²) in [4.78, 5) is 32.9. The van der Waals surface area contributed by atoms with E-state index in [1.807, 2.05) is 0 Å². The second kappa shape index (κ2) is 12.2. The lowest BCUT2D eigenvalue weighted by Gasteiger charge is -2.12. The van der Waals surface area contributed by atoms with Crippen LogP contribution in [-0.4, -0.2) is 26.9 Å². The van der Waals surface area contributed by atoms with Gasteiger partial charge in [0.05, 0.1) is 28.3 Å². The minimum atomic E-state index is -0.436. The molecule has 2 aromatic heterocycles. The van der Waals surface area contributed by atoms with Crippen molar-refractivity contribution in [1.29, 1.82) is 0 Å². The fourth-order valence-electron chi connectivity index (χ4n) is 3.32. The number of nitrogens with zero attached hydrogens (tertiary/aromatic N) is 2. The van der Waals surface area contributed by atoms with Crippen LogP contribution in [0.5, 0.6) is 5.75 Å². The second-order valence-electron chi connectivity index (χ2n) is 9.32. The molecule has 35 heavy (non-hydrogen) atoms. The first-order valence-corrected chi connectivity index (χ1v) is 13.3. The molecule has 2 amide bonds. The molecule has 1 atom stereocenters. The fraction of sp³-hybridized carbons (Fsp3) is 0.440. The molecule has 0 spiro atoms. The predicted octanol–water partition coefficient (Wildman–Crippen LogP) is 5.58. The zero-order valence-electron chi connectivity index (χ0n) is 20.2. The Hall–Kier alpha value is -2.85. The molecule has 0 radical (unpaired) electrons. The number of carbonyl (C=O) groups excluding carboxylic acids is 2. The van der Waals surface area contributed by atoms with E-state index in [2.05, 4.69) is 36.1 Å². The van der Waals surface area contributed by atoms with Gasteiger partial charge < -0.3 is 20.6 Å². The third-order valence-electron chi connectivity index (χ3n) is 5.32. The van der Waals surface area contributed by atoms with E-state index in [1.54, 1.807) is 36.3 Å². The first kappa shape index (κ1) is 26.7. The zero-order chi connectivity index (χ0) is 25.4. The summed E-state index contributed by atoms with van der Waals surface area (Å²) in [5.41, 5.74) is 6.23. The standard InChI is InChI=1S/C25H32N4O4S2/c1-25(2,3)19-13-27-21(33-19)15-34-22-14-28-24(35-22)18(23(26)32)7-5-4-6-8-20(31)29-16-9-11-17(30)12-10-16/h9-14,18,30H,4-8,15H2,1-3H3,(H2,26,32)(H,29,31). The number of nitrogens with two attached hydrogens (primary N) is 1. The van der Waals surface area contributed by atoms with Gasteiger partial charge in [-0.15, -0.1) is 23.1 Å². The Kier molecular flexibility index (Phi) is 9.33. The largest absolute Gasteiger partial charge is 0.508 e. The molecule has 3 aromatic rings. The van der Waals surface area contributed by atoms with Crippen LogP contribution in [-0.2, 0) is 20.8 Å². The van der Waals surface area contributed by atoms with E-state index in [9.17, 15) is 14.7 Å². The minimum absolute atomic E-state index is 0.0793. The van der Waals surface area contributed by atoms with Crippen molar-refractivity contribution in [3.05, 3.63) is 53.3 Å². The van der Waals surface area contributed by atoms with E-state index in [0.717, 1.165) is 22.8 Å². The molecule has 1 unspecified atom stereocenters. The maximum absolute atomic E-state index is 12.1. The quantitative estimate of drug-likeness (QED) is 0.162. The number of thioether (sulfide) groups is 1. The number of aromatic nitrogens is 2. The lowest BCUT2D eigenvalue weighted by Crippen LogP contribution is -2.21. The molecule has 188 valence electrons. The van der Waals surface area contributed by atoms with Gasteiger partial charge in [0.15, 0.2) is 0 Å². The van der Waals surface area contributed by atoms with Crippen LogP contribution in [0.1, 0.15) is 75.5 Å². The molecule has 0 saturated heterocycles. The zero-order valence-corrected chi connectivity index (χ0v) is 21.9. The number of hydrogen-bond acceptors (Lipinski definition) is 8. The highest BCUT2D eigenvalue weighted by molar-refractivity contribution is 8.00. The molecule has 2 heterocycles. The van der Waals surface area contributed by atoms with Crippen LogP contribution in [0.3, 0.4) is 0 Å². The van der Waals surface area contributed by atoms with Gasteiger partial charge in [-0.25, -0.2) is 9.97 Å². The van der Waals surface area contributed by atoms with Gasteiger partial charge in [-0.3, -0.25) is 9.59 Å². The molecule has 0 saturated carbocycles. The minimum Gasteiger partial charge on any atom is -0.508 e. The van der Waals surface area contributed by atoms with E-state index in [1.165, 1.54) is 23.5 Å². The Bertz CT molecular complexity index is 1120. The Balaban J connectivity index is 1.41. The lowest BCUT2D eigenvalue weighted by molar-refractivity contribution is -0.119. The van der Waals surface area contributed by atoms with Gasteiger partial charge in [0.1, 0.15) is 16.5 Å². The van der Waals surface area contributed by atoms with Gasteiger partial charge in [-0.2, -0.15) is 0 Å². The highest BCUT2D eigenvalue weighted by Crippen LogP contribution is 2.34. The van der Waals surface area contributed by atoms with Crippen molar-refractivity contribution >= 4 is 40.6 Å². The number of phenolic OH excluding ortho intramolecular Hbond substituents is 1. The predicted molar refractivity (Wildman–Crippen MR) is 139 cm³/mol. The van der Waals surface area contributed by atoms with Gasteiger partial charge in [0.25, 0.3) is 0 Å². The molecule has 0 aliphatic rings. The average molecular weight is 517 g/mol. The second-order valence-corrected chi connectivity index (χ2v) is 11.7. The van der Waals surface area contributed by atoms with Crippen LogP contribution in [0.15, 0.2) is 45.3 Å². The summed E-state index contributed by atoms with van der Waals surface area (Å²) in [7, 11) is 0. The highest BCUT2D eigenvalue weighted by atomic mass is 32.2. The summed E-state index contributed by atoms with van der Waals surface area (Å²) in [6, 6.07) is 6.36. The third kappa shape index (κ3) is 8.40. The van der Waals surface area contributed by atoms with Crippen LogP contribution in [0.2, 0.25) is 0 Å². The van der Waals surface area contributed by atoms with Gasteiger partial charge in [0, 0.05) is 17.5 Å². The van der Waals surface area contributed by atoms with Crippen LogP contribution in [0.4, 0.5) is 5.69 Å². The number of anilines is 1. The fourth-order valence-corrected chi connectivity index (χ4v) is 5.31. The summed E-state index contributed by atoms with van der Waals surface area (Å²) in [6.07, 6.45) is 6.81. The maximum atomic E-state index is 12.1. The average Bonchev–Trinajstić information content (AvgIpc) is 3.45. The topological polar surface area (TPSA) is 131 Å². The molecule has 8 nitrogen and oxygen atoms in total. The van der Waals surface area contributed by atoms with E-state index >= 15 is 0 Å². The summed E-state index contributed by atoms with van der Waals surface area (Å²) < 4.78 is 6.81. The van der Waals surface area contributed by atoms with Crippen molar-refractivity contribution < 1.29 is 19.1 Å². The van der Waals surface area contributed by atoms with Crippen LogP contribution in [0.25, 0.3) is 0 Å². The van der Waals surface area contributed by atoms with Crippen molar-refractivity contribution in [3.8, 4) is 5.75 Å². The van der Waals surface area contributed by atoms with Crippen molar-refractivity contribution in [3.63, 3.8) is 0 Å². The highest BCUT2D eigenvalue weighted by Gasteiger charge is 2.22. The Labute approximate surface area is 213 Å². The lowest BCUT2D eigenvalue weighted by atomic mass is 9.94. The summed E-state index contributed by atoms with van der Waals surface area (Å²) >= 11 is 3.04. The Morgan fingerprint density at radius 3 is 2.54 bits per heavy atom. The molecular weight excluding hydrogens is 484 g/mol. The number of rotatable bonds is 12. The number of benzene rings is 1. The van der Waals surface area contributed by atoms with Crippen molar-refractivity contribution in [2.24, 2.45) is 5.73 Å². The number of oxazole rings is 1. The number of hydrogen-bond donors (Lipinski definition) is 3. The summed E-state index contributed by atoms with van der Waals surface area (Å²) in [6.45, 7) is 6.24. The SMILES string of the molecule is CC(C)(C)c1cnc(CSc2cnc(C(CCCCCC(=O)Nc3ccc(O)cc3)C(N)=O)s2)o1. The van der Waals surface area contributed by atoms with E-state index in [0.29, 0.717) is 41.6 Å². The number of unbranched alkanes of at least 4 members (excludes halogenated alkanes) is 2. The van der Waals surface area contributed by atoms with Crippen LogP contribution < -0.4 is 11.1 Å². The molecule has 0 bridgehead atoms. The smallest absolute Gasteiger partial charge is 0.227 e. The third-order valence-corrected chi connectivity index (χ3v) is 7.61. The first-order chi connectivity index (χ1) is 16.6. The number of carbonyl (C=O) groups is 2. The molecule has 10 heteroatoms. The number of amides is 2. The van der Waals surface area contributed by atoms with E-state index in [-0.39, 0.29) is 23.0 Å². The molecule has 4 N–H and O–H groups in total. The Morgan fingerprint density at radius 1 is 1.14 bits per heavy atom. The monoisotopic (exact) mass is 516 g/mol. The molecule has 1 aromatic carbocycles. The summed E-state index contributed by atoms with van der Waals surface area (Å²) in [5.74, 6) is 1.36. The number of thiazole rings is 1. The molecule has 0 aliphatic carbocycles. The van der Waals surface area contributed by atoms with Gasteiger partial charge in [-0.1, -0.05) is 33.6 Å². The van der Waals surface area contributed by atoms with Gasteiger partial charge in [-0.05, 0) is 37.1 Å². The molecule has 0 fully saturated rings. The van der Waals surface area contributed by atoms with Crippen molar-refractivity contribution in [1.82, 2.24) is 9.97 Å². The normalized spacial score (nSPS) is 12.4. The van der Waals surface area contributed by atoms with Crippen LogP contribution in [0, 0.1) is 0 Å². The number of phenols is 1. The van der Waals surface area contributed by atoms with Gasteiger partial charge >= 0.3 is 0 Å². The number of nitrogens with one attached hydrogen (secondary N) is 1. The number of aromatic hydroxyl groups is 1. The maximum Gasteiger partial charge on any atom is 0.227 e. The molecule has 0 aliphatic heterocycles. The van der Waals surface area contributed by atoms with Crippen LogP contribution >= 0.6 is 23.1 Å². The molecule has 3 rings (SSSR count). The van der Waals surface area contributed by atoms with Crippen molar-refractivity contribution in [2.75, 3.05) is 5.32 Å². The van der Waals surface area contributed by atoms with E-state index in [4.69, 9.17) is 10.2 Å².